The van der Waals surface area contributed by atoms with Crippen molar-refractivity contribution in [3.8, 4) is 0 Å². The van der Waals surface area contributed by atoms with Gasteiger partial charge in [0.05, 0.1) is 16.9 Å². The quantitative estimate of drug-likeness (QED) is 0.681. The summed E-state index contributed by atoms with van der Waals surface area (Å²) in [6.07, 6.45) is -0.0339. The molecule has 0 bridgehead atoms. The lowest BCUT2D eigenvalue weighted by atomic mass is 9.97. The second-order valence-corrected chi connectivity index (χ2v) is 7.91. The summed E-state index contributed by atoms with van der Waals surface area (Å²) >= 11 is 3.04. The lowest BCUT2D eigenvalue weighted by molar-refractivity contribution is -0.137. The number of carboxylic acid groups (broad SMARTS) is 1. The Morgan fingerprint density at radius 2 is 1.96 bits per heavy atom. The number of hydrogen-bond acceptors (Lipinski definition) is 3. The fraction of sp³-hybridized carbons (Fsp3) is 0.529. The Kier molecular flexibility index (Phi) is 5.71. The third-order valence-corrected chi connectivity index (χ3v) is 4.23. The van der Waals surface area contributed by atoms with Crippen molar-refractivity contribution in [1.82, 2.24) is 5.32 Å². The van der Waals surface area contributed by atoms with Gasteiger partial charge in [-0.2, -0.15) is 0 Å². The molecule has 25 heavy (non-hydrogen) atoms. The first-order valence-electron chi connectivity index (χ1n) is 7.88. The molecule has 0 saturated heterocycles. The molecule has 2 N–H and O–H groups in total. The minimum Gasteiger partial charge on any atom is -0.481 e. The van der Waals surface area contributed by atoms with E-state index >= 15 is 0 Å². The normalized spacial score (nSPS) is 15.6. The number of nitrogens with one attached hydrogen (secondary N) is 1. The second kappa shape index (κ2) is 7.27. The van der Waals surface area contributed by atoms with Crippen LogP contribution in [0.4, 0.5) is 13.6 Å². The molecule has 2 rings (SSSR count). The first-order chi connectivity index (χ1) is 11.5. The Morgan fingerprint density at radius 1 is 1.36 bits per heavy atom. The molecule has 1 aliphatic carbocycles. The van der Waals surface area contributed by atoms with Gasteiger partial charge in [-0.3, -0.25) is 4.79 Å². The summed E-state index contributed by atoms with van der Waals surface area (Å²) in [4.78, 5) is 23.1. The van der Waals surface area contributed by atoms with Gasteiger partial charge in [0, 0.05) is 5.56 Å². The Balaban J connectivity index is 2.40. The van der Waals surface area contributed by atoms with E-state index in [1.165, 1.54) is 6.07 Å². The predicted octanol–water partition coefficient (Wildman–Crippen LogP) is 4.65. The van der Waals surface area contributed by atoms with E-state index in [2.05, 4.69) is 21.2 Å². The van der Waals surface area contributed by atoms with E-state index in [1.54, 1.807) is 20.8 Å². The van der Waals surface area contributed by atoms with Gasteiger partial charge in [0.25, 0.3) is 0 Å². The van der Waals surface area contributed by atoms with E-state index in [9.17, 15) is 18.4 Å². The van der Waals surface area contributed by atoms with Gasteiger partial charge in [-0.05, 0) is 67.1 Å². The number of carbonyl (C=O) groups excluding carboxylic acids is 1. The average molecular weight is 420 g/mol. The van der Waals surface area contributed by atoms with Crippen LogP contribution < -0.4 is 5.32 Å². The molecule has 1 fully saturated rings. The van der Waals surface area contributed by atoms with Gasteiger partial charge in [-0.25, -0.2) is 13.6 Å². The highest BCUT2D eigenvalue weighted by Crippen LogP contribution is 2.44. The van der Waals surface area contributed by atoms with Crippen LogP contribution in [-0.2, 0) is 9.53 Å². The SMILES string of the molecule is CC(C)(C)OC(=O)N[C@@H](CC(=O)O)c1c(F)c(Br)cc(C2CC2)c1F. The molecule has 0 aliphatic heterocycles. The van der Waals surface area contributed by atoms with Crippen molar-refractivity contribution in [2.24, 2.45) is 0 Å². The molecule has 1 aromatic rings. The number of alkyl carbamates (subject to hydrolysis) is 1. The number of benzene rings is 1. The zero-order chi connectivity index (χ0) is 18.9. The molecule has 1 aliphatic rings. The summed E-state index contributed by atoms with van der Waals surface area (Å²) in [6.45, 7) is 4.89. The molecule has 1 atom stereocenters. The molecule has 0 spiro atoms. The summed E-state index contributed by atoms with van der Waals surface area (Å²) in [7, 11) is 0. The third kappa shape index (κ3) is 5.14. The van der Waals surface area contributed by atoms with Crippen LogP contribution in [0, 0.1) is 11.6 Å². The highest BCUT2D eigenvalue weighted by atomic mass is 79.9. The Morgan fingerprint density at radius 3 is 2.44 bits per heavy atom. The molecule has 0 unspecified atom stereocenters. The molecule has 0 aromatic heterocycles. The van der Waals surface area contributed by atoms with Crippen LogP contribution >= 0.6 is 15.9 Å². The van der Waals surface area contributed by atoms with Crippen LogP contribution in [0.1, 0.15) is 63.1 Å². The van der Waals surface area contributed by atoms with Crippen molar-refractivity contribution in [2.45, 2.75) is 57.6 Å². The number of carboxylic acids is 1. The van der Waals surface area contributed by atoms with Crippen molar-refractivity contribution < 1.29 is 28.2 Å². The van der Waals surface area contributed by atoms with Gasteiger partial charge in [0.1, 0.15) is 17.2 Å². The third-order valence-electron chi connectivity index (χ3n) is 3.65. The van der Waals surface area contributed by atoms with Crippen molar-refractivity contribution in [1.29, 1.82) is 0 Å². The fourth-order valence-corrected chi connectivity index (χ4v) is 2.95. The van der Waals surface area contributed by atoms with E-state index in [-0.39, 0.29) is 10.4 Å². The van der Waals surface area contributed by atoms with Crippen LogP contribution in [0.5, 0.6) is 0 Å². The number of amides is 1. The molecule has 0 heterocycles. The van der Waals surface area contributed by atoms with Crippen LogP contribution in [0.25, 0.3) is 0 Å². The zero-order valence-corrected chi connectivity index (χ0v) is 15.7. The molecule has 8 heteroatoms. The van der Waals surface area contributed by atoms with Crippen molar-refractivity contribution in [2.75, 3.05) is 0 Å². The lowest BCUT2D eigenvalue weighted by Gasteiger charge is -2.24. The molecular formula is C17H20BrF2NO4. The molecule has 138 valence electrons. The van der Waals surface area contributed by atoms with Crippen LogP contribution in [-0.4, -0.2) is 22.8 Å². The summed E-state index contributed by atoms with van der Waals surface area (Å²) in [5.41, 5.74) is -0.972. The molecule has 1 aromatic carbocycles. The molecule has 1 saturated carbocycles. The molecule has 1 amide bonds. The minimum atomic E-state index is -1.39. The fourth-order valence-electron chi connectivity index (χ4n) is 2.49. The van der Waals surface area contributed by atoms with E-state index in [0.717, 1.165) is 12.8 Å². The average Bonchev–Trinajstić information content (AvgIpc) is 3.24. The second-order valence-electron chi connectivity index (χ2n) is 7.06. The van der Waals surface area contributed by atoms with Crippen LogP contribution in [0.3, 0.4) is 0 Å². The monoisotopic (exact) mass is 419 g/mol. The van der Waals surface area contributed by atoms with E-state index in [4.69, 9.17) is 9.84 Å². The van der Waals surface area contributed by atoms with Gasteiger partial charge in [0.15, 0.2) is 0 Å². The number of halogens is 3. The predicted molar refractivity (Wildman–Crippen MR) is 90.4 cm³/mol. The minimum absolute atomic E-state index is 0.0114. The Labute approximate surface area is 152 Å². The van der Waals surface area contributed by atoms with Gasteiger partial charge in [-0.15, -0.1) is 0 Å². The number of ether oxygens (including phenoxy) is 1. The number of carbonyl (C=O) groups is 2. The summed E-state index contributed by atoms with van der Waals surface area (Å²) < 4.78 is 34.5. The van der Waals surface area contributed by atoms with Crippen LogP contribution in [0.15, 0.2) is 10.5 Å². The first-order valence-corrected chi connectivity index (χ1v) is 8.67. The lowest BCUT2D eigenvalue weighted by Crippen LogP contribution is -2.36. The zero-order valence-electron chi connectivity index (χ0n) is 14.2. The summed E-state index contributed by atoms with van der Waals surface area (Å²) in [5.74, 6) is -3.05. The molecule has 5 nitrogen and oxygen atoms in total. The maximum absolute atomic E-state index is 14.8. The number of rotatable bonds is 5. The highest BCUT2D eigenvalue weighted by molar-refractivity contribution is 9.10. The molecular weight excluding hydrogens is 400 g/mol. The standard InChI is InChI=1S/C17H20BrF2NO4/c1-17(2,3)25-16(24)21-11(7-12(22)23)13-14(19)9(8-4-5-8)6-10(18)15(13)20/h6,8,11H,4-5,7H2,1-3H3,(H,21,24)(H,22,23)/t11-/m0/s1. The van der Waals surface area contributed by atoms with E-state index in [0.29, 0.717) is 5.56 Å². The highest BCUT2D eigenvalue weighted by Gasteiger charge is 2.34. The van der Waals surface area contributed by atoms with E-state index in [1.807, 2.05) is 0 Å². The van der Waals surface area contributed by atoms with Crippen LogP contribution in [0.2, 0.25) is 0 Å². The van der Waals surface area contributed by atoms with Crippen molar-refractivity contribution >= 4 is 28.0 Å². The van der Waals surface area contributed by atoms with Gasteiger partial charge >= 0.3 is 12.1 Å². The number of hydrogen-bond donors (Lipinski definition) is 2. The smallest absolute Gasteiger partial charge is 0.408 e. The van der Waals surface area contributed by atoms with Gasteiger partial charge < -0.3 is 15.2 Å². The summed E-state index contributed by atoms with van der Waals surface area (Å²) in [6, 6.07) is -0.0146. The largest absolute Gasteiger partial charge is 0.481 e. The maximum Gasteiger partial charge on any atom is 0.408 e. The van der Waals surface area contributed by atoms with Crippen molar-refractivity contribution in [3.05, 3.63) is 33.3 Å². The summed E-state index contributed by atoms with van der Waals surface area (Å²) in [5, 5.41) is 11.4. The topological polar surface area (TPSA) is 75.6 Å². The first kappa shape index (κ1) is 19.6. The Hall–Kier alpha value is -1.70. The van der Waals surface area contributed by atoms with Gasteiger partial charge in [-0.1, -0.05) is 0 Å². The van der Waals surface area contributed by atoms with Gasteiger partial charge in [0.2, 0.25) is 0 Å². The van der Waals surface area contributed by atoms with E-state index < -0.39 is 47.3 Å². The molecule has 0 radical (unpaired) electrons. The van der Waals surface area contributed by atoms with Crippen molar-refractivity contribution in [3.63, 3.8) is 0 Å². The number of aliphatic carboxylic acids is 1. The Bertz CT molecular complexity index is 699. The maximum atomic E-state index is 14.8.